The lowest BCUT2D eigenvalue weighted by Gasteiger charge is -2.09. The fraction of sp³-hybridized carbons (Fsp3) is 0.385. The van der Waals surface area contributed by atoms with Crippen molar-refractivity contribution in [3.05, 3.63) is 41.7 Å². The molecule has 1 aromatic rings. The van der Waals surface area contributed by atoms with Gasteiger partial charge in [0.2, 0.25) is 6.23 Å². The first-order valence-electron chi connectivity index (χ1n) is 6.00. The molecule has 88 valence electrons. The minimum atomic E-state index is -0.0452. The molecule has 2 aliphatic rings. The SMILES string of the molecule is C1=C2C(Cc3ccccn3)=NOC2NCCC1. The van der Waals surface area contributed by atoms with Crippen LogP contribution in [-0.2, 0) is 11.3 Å². The van der Waals surface area contributed by atoms with Gasteiger partial charge >= 0.3 is 0 Å². The summed E-state index contributed by atoms with van der Waals surface area (Å²) in [6.07, 6.45) is 6.98. The monoisotopic (exact) mass is 229 g/mol. The van der Waals surface area contributed by atoms with Crippen molar-refractivity contribution < 1.29 is 4.84 Å². The standard InChI is InChI=1S/C13H15N3O/c1-3-7-14-10(5-1)9-12-11-6-2-4-8-15-13(11)17-16-12/h1,3,5-7,13,15H,2,4,8-9H2. The molecule has 0 fully saturated rings. The van der Waals surface area contributed by atoms with Crippen LogP contribution in [0.25, 0.3) is 0 Å². The van der Waals surface area contributed by atoms with Gasteiger partial charge in [0.25, 0.3) is 0 Å². The summed E-state index contributed by atoms with van der Waals surface area (Å²) < 4.78 is 0. The van der Waals surface area contributed by atoms with Crippen LogP contribution in [0.4, 0.5) is 0 Å². The van der Waals surface area contributed by atoms with Crippen molar-refractivity contribution in [2.45, 2.75) is 25.5 Å². The zero-order chi connectivity index (χ0) is 11.5. The second kappa shape index (κ2) is 4.67. The van der Waals surface area contributed by atoms with Crippen molar-refractivity contribution in [1.82, 2.24) is 10.3 Å². The molecule has 4 heteroatoms. The van der Waals surface area contributed by atoms with E-state index >= 15 is 0 Å². The summed E-state index contributed by atoms with van der Waals surface area (Å²) in [5.41, 5.74) is 3.22. The van der Waals surface area contributed by atoms with Gasteiger partial charge in [-0.1, -0.05) is 17.3 Å². The minimum absolute atomic E-state index is 0.0452. The Morgan fingerprint density at radius 2 is 2.41 bits per heavy atom. The third kappa shape index (κ3) is 2.22. The molecule has 0 saturated heterocycles. The smallest absolute Gasteiger partial charge is 0.206 e. The second-order valence-corrected chi connectivity index (χ2v) is 4.28. The van der Waals surface area contributed by atoms with E-state index in [1.54, 1.807) is 0 Å². The topological polar surface area (TPSA) is 46.5 Å². The van der Waals surface area contributed by atoms with Crippen LogP contribution in [-0.4, -0.2) is 23.5 Å². The maximum absolute atomic E-state index is 5.40. The molecule has 4 nitrogen and oxygen atoms in total. The summed E-state index contributed by atoms with van der Waals surface area (Å²) in [6, 6.07) is 5.93. The molecule has 1 N–H and O–H groups in total. The number of fused-ring (bicyclic) bond motifs is 1. The molecule has 0 radical (unpaired) electrons. The van der Waals surface area contributed by atoms with Crippen LogP contribution in [0, 0.1) is 0 Å². The molecule has 0 aromatic carbocycles. The van der Waals surface area contributed by atoms with Crippen molar-refractivity contribution >= 4 is 5.71 Å². The molecule has 0 amide bonds. The molecular weight excluding hydrogens is 214 g/mol. The molecule has 17 heavy (non-hydrogen) atoms. The van der Waals surface area contributed by atoms with Gasteiger partial charge in [-0.05, 0) is 31.5 Å². The van der Waals surface area contributed by atoms with Crippen molar-refractivity contribution in [2.75, 3.05) is 6.54 Å². The summed E-state index contributed by atoms with van der Waals surface area (Å²) >= 11 is 0. The molecule has 0 aliphatic carbocycles. The Kier molecular flexibility index (Phi) is 2.88. The third-order valence-electron chi connectivity index (χ3n) is 3.03. The molecule has 3 heterocycles. The largest absolute Gasteiger partial charge is 0.371 e. The lowest BCUT2D eigenvalue weighted by atomic mass is 10.0. The van der Waals surface area contributed by atoms with E-state index in [4.69, 9.17) is 4.84 Å². The highest BCUT2D eigenvalue weighted by molar-refractivity contribution is 6.02. The number of oxime groups is 1. The lowest BCUT2D eigenvalue weighted by molar-refractivity contribution is 0.0807. The zero-order valence-corrected chi connectivity index (χ0v) is 9.60. The molecule has 2 aliphatic heterocycles. The second-order valence-electron chi connectivity index (χ2n) is 4.28. The average Bonchev–Trinajstić information content (AvgIpc) is 2.61. The van der Waals surface area contributed by atoms with E-state index in [-0.39, 0.29) is 6.23 Å². The van der Waals surface area contributed by atoms with E-state index in [0.717, 1.165) is 37.2 Å². The number of aromatic nitrogens is 1. The number of nitrogens with one attached hydrogen (secondary N) is 1. The molecule has 1 aromatic heterocycles. The summed E-state index contributed by atoms with van der Waals surface area (Å²) in [5, 5.41) is 7.50. The molecule has 1 unspecified atom stereocenters. The van der Waals surface area contributed by atoms with E-state index in [2.05, 4.69) is 21.5 Å². The summed E-state index contributed by atoms with van der Waals surface area (Å²) in [6.45, 7) is 0.983. The van der Waals surface area contributed by atoms with Crippen molar-refractivity contribution in [3.63, 3.8) is 0 Å². The number of allylic oxidation sites excluding steroid dienone is 1. The Labute approximate surface area is 100 Å². The summed E-state index contributed by atoms with van der Waals surface area (Å²) in [5.74, 6) is 0. The fourth-order valence-corrected chi connectivity index (χ4v) is 2.15. The number of hydrogen-bond donors (Lipinski definition) is 1. The Hall–Kier alpha value is -1.68. The zero-order valence-electron chi connectivity index (χ0n) is 9.60. The van der Waals surface area contributed by atoms with E-state index in [9.17, 15) is 0 Å². The van der Waals surface area contributed by atoms with Crippen LogP contribution in [0.1, 0.15) is 18.5 Å². The molecule has 1 atom stereocenters. The highest BCUT2D eigenvalue weighted by atomic mass is 16.7. The number of pyridine rings is 1. The summed E-state index contributed by atoms with van der Waals surface area (Å²) in [4.78, 5) is 9.72. The van der Waals surface area contributed by atoms with Gasteiger partial charge in [-0.25, -0.2) is 0 Å². The van der Waals surface area contributed by atoms with E-state index in [1.807, 2.05) is 24.4 Å². The van der Waals surface area contributed by atoms with Gasteiger partial charge in [0.1, 0.15) is 0 Å². The predicted octanol–water partition coefficient (Wildman–Crippen LogP) is 1.65. The van der Waals surface area contributed by atoms with Crippen LogP contribution >= 0.6 is 0 Å². The van der Waals surface area contributed by atoms with Crippen LogP contribution in [0.15, 0.2) is 41.2 Å². The van der Waals surface area contributed by atoms with Crippen molar-refractivity contribution in [1.29, 1.82) is 0 Å². The molecule has 0 saturated carbocycles. The number of rotatable bonds is 2. The quantitative estimate of drug-likeness (QED) is 0.838. The van der Waals surface area contributed by atoms with Crippen LogP contribution < -0.4 is 5.32 Å². The third-order valence-corrected chi connectivity index (χ3v) is 3.03. The minimum Gasteiger partial charge on any atom is -0.371 e. The first kappa shape index (κ1) is 10.5. The van der Waals surface area contributed by atoms with Crippen LogP contribution in [0.5, 0.6) is 0 Å². The average molecular weight is 229 g/mol. The van der Waals surface area contributed by atoms with Gasteiger partial charge in [0, 0.05) is 23.9 Å². The lowest BCUT2D eigenvalue weighted by Crippen LogP contribution is -2.30. The molecule has 0 bridgehead atoms. The highest BCUT2D eigenvalue weighted by Crippen LogP contribution is 2.21. The van der Waals surface area contributed by atoms with E-state index in [1.165, 1.54) is 5.57 Å². The maximum atomic E-state index is 5.40. The number of hydrogen-bond acceptors (Lipinski definition) is 4. The Bertz CT molecular complexity index is 453. The van der Waals surface area contributed by atoms with Crippen molar-refractivity contribution in [3.8, 4) is 0 Å². The predicted molar refractivity (Wildman–Crippen MR) is 65.6 cm³/mol. The van der Waals surface area contributed by atoms with Gasteiger partial charge in [0.05, 0.1) is 5.71 Å². The molecular formula is C13H15N3O. The van der Waals surface area contributed by atoms with Gasteiger partial charge in [-0.2, -0.15) is 0 Å². The highest BCUT2D eigenvalue weighted by Gasteiger charge is 2.28. The van der Waals surface area contributed by atoms with E-state index < -0.39 is 0 Å². The van der Waals surface area contributed by atoms with Gasteiger partial charge in [0.15, 0.2) is 0 Å². The van der Waals surface area contributed by atoms with Gasteiger partial charge in [-0.15, -0.1) is 0 Å². The first-order valence-corrected chi connectivity index (χ1v) is 6.00. The van der Waals surface area contributed by atoms with Gasteiger partial charge in [-0.3, -0.25) is 10.3 Å². The van der Waals surface area contributed by atoms with Gasteiger partial charge < -0.3 is 4.84 Å². The number of nitrogens with zero attached hydrogens (tertiary/aromatic N) is 2. The maximum Gasteiger partial charge on any atom is 0.206 e. The Morgan fingerprint density at radius 1 is 1.41 bits per heavy atom. The molecule has 3 rings (SSSR count). The normalized spacial score (nSPS) is 23.2. The first-order chi connectivity index (χ1) is 8.43. The van der Waals surface area contributed by atoms with Crippen LogP contribution in [0.2, 0.25) is 0 Å². The van der Waals surface area contributed by atoms with E-state index in [0.29, 0.717) is 0 Å². The van der Waals surface area contributed by atoms with Crippen LogP contribution in [0.3, 0.4) is 0 Å². The Morgan fingerprint density at radius 3 is 3.29 bits per heavy atom. The fourth-order valence-electron chi connectivity index (χ4n) is 2.15. The van der Waals surface area contributed by atoms with Crippen molar-refractivity contribution in [2.24, 2.45) is 5.16 Å². The Balaban J connectivity index is 1.78. The molecule has 0 spiro atoms. The summed E-state index contributed by atoms with van der Waals surface area (Å²) in [7, 11) is 0.